The monoisotopic (exact) mass is 229 g/mol. The first kappa shape index (κ1) is 11.4. The van der Waals surface area contributed by atoms with Gasteiger partial charge in [-0.05, 0) is 6.92 Å². The summed E-state index contributed by atoms with van der Waals surface area (Å²) in [5.41, 5.74) is 0. The van der Waals surface area contributed by atoms with Gasteiger partial charge in [0.25, 0.3) is 0 Å². The summed E-state index contributed by atoms with van der Waals surface area (Å²) in [5.74, 6) is -0.495. The van der Waals surface area contributed by atoms with Crippen molar-refractivity contribution in [1.29, 1.82) is 5.41 Å². The van der Waals surface area contributed by atoms with E-state index >= 15 is 0 Å². The predicted molar refractivity (Wildman–Crippen MR) is 53.3 cm³/mol. The highest BCUT2D eigenvalue weighted by Gasteiger charge is 2.08. The molecule has 0 radical (unpaired) electrons. The van der Waals surface area contributed by atoms with Crippen molar-refractivity contribution in [3.63, 3.8) is 0 Å². The van der Waals surface area contributed by atoms with Gasteiger partial charge in [-0.15, -0.1) is 11.3 Å². The zero-order valence-corrected chi connectivity index (χ0v) is 8.97. The first-order valence-corrected chi connectivity index (χ1v) is 5.16. The molecule has 0 aliphatic carbocycles. The van der Waals surface area contributed by atoms with Crippen LogP contribution in [-0.2, 0) is 16.1 Å². The van der Waals surface area contributed by atoms with Crippen molar-refractivity contribution in [1.82, 2.24) is 9.88 Å². The second-order valence-corrected chi connectivity index (χ2v) is 3.50. The third kappa shape index (κ3) is 3.55. The number of carbonyl (C=O) groups excluding carboxylic acids is 2. The Hall–Kier alpha value is -1.63. The number of amides is 2. The third-order valence-electron chi connectivity index (χ3n) is 1.51. The van der Waals surface area contributed by atoms with Crippen LogP contribution in [0.5, 0.6) is 0 Å². The van der Waals surface area contributed by atoms with E-state index in [0.717, 1.165) is 0 Å². The molecule has 1 heterocycles. The van der Waals surface area contributed by atoms with Crippen LogP contribution in [-0.4, -0.2) is 23.2 Å². The van der Waals surface area contributed by atoms with E-state index in [4.69, 9.17) is 5.41 Å². The van der Waals surface area contributed by atoms with Crippen molar-refractivity contribution in [2.24, 2.45) is 0 Å². The van der Waals surface area contributed by atoms with Crippen LogP contribution in [0.25, 0.3) is 0 Å². The van der Waals surface area contributed by atoms with Gasteiger partial charge in [-0.3, -0.25) is 15.5 Å². The summed E-state index contributed by atoms with van der Waals surface area (Å²) < 4.78 is 5.97. The summed E-state index contributed by atoms with van der Waals surface area (Å²) in [6.07, 6.45) is 0.849. The lowest BCUT2D eigenvalue weighted by Crippen LogP contribution is -2.35. The number of alkyl carbamates (subject to hydrolysis) is 1. The maximum atomic E-state index is 11.2. The summed E-state index contributed by atoms with van der Waals surface area (Å²) in [5, 5.41) is 11.1. The molecular formula is C8H11N3O3S. The SMILES string of the molecule is CCOC(=O)NC(=O)Cn1ccsc1=N. The molecule has 7 heteroatoms. The number of hydrogen-bond acceptors (Lipinski definition) is 5. The minimum absolute atomic E-state index is 0.0544. The molecule has 6 nitrogen and oxygen atoms in total. The molecule has 2 amide bonds. The number of carbonyl (C=O) groups is 2. The summed E-state index contributed by atoms with van der Waals surface area (Å²) in [6.45, 7) is 1.81. The Morgan fingerprint density at radius 1 is 1.67 bits per heavy atom. The van der Waals surface area contributed by atoms with Crippen LogP contribution in [0.2, 0.25) is 0 Å². The normalized spacial score (nSPS) is 9.67. The van der Waals surface area contributed by atoms with Crippen LogP contribution in [0.1, 0.15) is 6.92 Å². The van der Waals surface area contributed by atoms with Crippen LogP contribution in [0.15, 0.2) is 11.6 Å². The Morgan fingerprint density at radius 3 is 2.93 bits per heavy atom. The molecule has 0 saturated carbocycles. The molecule has 0 bridgehead atoms. The number of thiazole rings is 1. The summed E-state index contributed by atoms with van der Waals surface area (Å²) in [7, 11) is 0. The maximum absolute atomic E-state index is 11.2. The minimum atomic E-state index is -0.759. The van der Waals surface area contributed by atoms with Crippen molar-refractivity contribution in [3.05, 3.63) is 16.4 Å². The lowest BCUT2D eigenvalue weighted by atomic mass is 10.6. The first-order chi connectivity index (χ1) is 7.13. The van der Waals surface area contributed by atoms with Gasteiger partial charge < -0.3 is 9.30 Å². The second-order valence-electron chi connectivity index (χ2n) is 2.60. The fourth-order valence-corrected chi connectivity index (χ4v) is 1.50. The largest absolute Gasteiger partial charge is 0.450 e. The molecule has 1 aromatic rings. The molecule has 0 aliphatic rings. The van der Waals surface area contributed by atoms with Crippen LogP contribution in [0.3, 0.4) is 0 Å². The smallest absolute Gasteiger partial charge is 0.413 e. The molecule has 0 aromatic carbocycles. The standard InChI is InChI=1S/C8H11N3O3S/c1-2-14-8(13)10-6(12)5-11-3-4-15-7(11)9/h3-4,9H,2,5H2,1H3,(H,10,12,13). The van der Waals surface area contributed by atoms with E-state index in [1.807, 2.05) is 5.32 Å². The summed E-state index contributed by atoms with van der Waals surface area (Å²) in [4.78, 5) is 22.4. The Labute approximate surface area is 90.0 Å². The maximum Gasteiger partial charge on any atom is 0.413 e. The van der Waals surface area contributed by atoms with E-state index in [-0.39, 0.29) is 18.0 Å². The Kier molecular flexibility index (Phi) is 4.04. The predicted octanol–water partition coefficient (Wildman–Crippen LogP) is 0.302. The molecule has 0 spiro atoms. The molecule has 0 fully saturated rings. The molecule has 0 unspecified atom stereocenters. The van der Waals surface area contributed by atoms with E-state index in [0.29, 0.717) is 0 Å². The van der Waals surface area contributed by atoms with E-state index in [1.54, 1.807) is 18.5 Å². The highest BCUT2D eigenvalue weighted by Crippen LogP contribution is 1.89. The molecule has 15 heavy (non-hydrogen) atoms. The highest BCUT2D eigenvalue weighted by atomic mass is 32.1. The van der Waals surface area contributed by atoms with Crippen LogP contribution in [0.4, 0.5) is 4.79 Å². The minimum Gasteiger partial charge on any atom is -0.450 e. The van der Waals surface area contributed by atoms with Gasteiger partial charge in [-0.25, -0.2) is 4.79 Å². The summed E-state index contributed by atoms with van der Waals surface area (Å²) >= 11 is 1.21. The lowest BCUT2D eigenvalue weighted by molar-refractivity contribution is -0.121. The molecule has 82 valence electrons. The number of rotatable bonds is 3. The lowest BCUT2D eigenvalue weighted by Gasteiger charge is -2.04. The Morgan fingerprint density at radius 2 is 2.40 bits per heavy atom. The van der Waals surface area contributed by atoms with Crippen molar-refractivity contribution in [2.75, 3.05) is 6.61 Å². The third-order valence-corrected chi connectivity index (χ3v) is 2.23. The van der Waals surface area contributed by atoms with Crippen LogP contribution in [0, 0.1) is 5.41 Å². The van der Waals surface area contributed by atoms with E-state index in [2.05, 4.69) is 4.74 Å². The molecule has 1 rings (SSSR count). The van der Waals surface area contributed by atoms with Gasteiger partial charge >= 0.3 is 6.09 Å². The average Bonchev–Trinajstić information content (AvgIpc) is 2.52. The van der Waals surface area contributed by atoms with Crippen molar-refractivity contribution < 1.29 is 14.3 Å². The number of nitrogens with zero attached hydrogens (tertiary/aromatic N) is 1. The Bertz CT molecular complexity index is 409. The Balaban J connectivity index is 2.47. The van der Waals surface area contributed by atoms with E-state index in [1.165, 1.54) is 15.9 Å². The molecule has 0 atom stereocenters. The first-order valence-electron chi connectivity index (χ1n) is 4.28. The van der Waals surface area contributed by atoms with E-state index < -0.39 is 12.0 Å². The number of ether oxygens (including phenoxy) is 1. The zero-order chi connectivity index (χ0) is 11.3. The van der Waals surface area contributed by atoms with Crippen molar-refractivity contribution in [2.45, 2.75) is 13.5 Å². The summed E-state index contributed by atoms with van der Waals surface area (Å²) in [6, 6.07) is 0. The number of nitrogens with one attached hydrogen (secondary N) is 2. The average molecular weight is 229 g/mol. The zero-order valence-electron chi connectivity index (χ0n) is 8.15. The van der Waals surface area contributed by atoms with Gasteiger partial charge in [-0.2, -0.15) is 0 Å². The van der Waals surface area contributed by atoms with Gasteiger partial charge in [-0.1, -0.05) is 0 Å². The number of imide groups is 1. The quantitative estimate of drug-likeness (QED) is 0.782. The van der Waals surface area contributed by atoms with Crippen molar-refractivity contribution in [3.8, 4) is 0 Å². The highest BCUT2D eigenvalue weighted by molar-refractivity contribution is 7.06. The van der Waals surface area contributed by atoms with Gasteiger partial charge in [0.1, 0.15) is 6.54 Å². The van der Waals surface area contributed by atoms with Crippen LogP contribution >= 0.6 is 11.3 Å². The van der Waals surface area contributed by atoms with Gasteiger partial charge in [0.05, 0.1) is 6.61 Å². The fraction of sp³-hybridized carbons (Fsp3) is 0.375. The van der Waals surface area contributed by atoms with E-state index in [9.17, 15) is 9.59 Å². The molecule has 1 aromatic heterocycles. The van der Waals surface area contributed by atoms with Crippen LogP contribution < -0.4 is 10.1 Å². The molecule has 0 saturated heterocycles. The number of hydrogen-bond donors (Lipinski definition) is 2. The second kappa shape index (κ2) is 5.30. The molecule has 0 aliphatic heterocycles. The van der Waals surface area contributed by atoms with Gasteiger partial charge in [0, 0.05) is 11.6 Å². The fourth-order valence-electron chi connectivity index (χ4n) is 0.903. The molecular weight excluding hydrogens is 218 g/mol. The van der Waals surface area contributed by atoms with Gasteiger partial charge in [0.15, 0.2) is 4.80 Å². The molecule has 2 N–H and O–H groups in total. The number of aromatic nitrogens is 1. The van der Waals surface area contributed by atoms with Crippen molar-refractivity contribution >= 4 is 23.3 Å². The van der Waals surface area contributed by atoms with Gasteiger partial charge in [0.2, 0.25) is 5.91 Å². The topological polar surface area (TPSA) is 84.2 Å².